The maximum absolute atomic E-state index is 16.1. The Bertz CT molecular complexity index is 5710. The molecule has 2 amide bonds. The number of nitrogens with zero attached hydrogens (tertiary/aromatic N) is 7. The smallest absolute Gasteiger partial charge is 0.379 e. The number of fused-ring (bicyclic) bond motifs is 2. The number of hydrogen-bond acceptors (Lipinski definition) is 24. The lowest BCUT2D eigenvalue weighted by Gasteiger charge is -2.49. The van der Waals surface area contributed by atoms with Crippen LogP contribution in [-0.4, -0.2) is 106 Å². The van der Waals surface area contributed by atoms with Crippen molar-refractivity contribution in [3.8, 4) is 17.2 Å². The third kappa shape index (κ3) is 18.0. The molecule has 2 N–H and O–H groups in total. The molecule has 0 radical (unpaired) electrons. The van der Waals surface area contributed by atoms with E-state index in [9.17, 15) is 19.2 Å². The molecule has 13 aromatic rings. The Balaban J connectivity index is 0.819. The molecule has 1 fully saturated rings. The van der Waals surface area contributed by atoms with Crippen molar-refractivity contribution in [2.75, 3.05) is 16.8 Å². The highest BCUT2D eigenvalue weighted by molar-refractivity contribution is 8.01. The van der Waals surface area contributed by atoms with Gasteiger partial charge in [0.15, 0.2) is 40.7 Å². The summed E-state index contributed by atoms with van der Waals surface area (Å²) >= 11 is 3.59. The van der Waals surface area contributed by atoms with Crippen molar-refractivity contribution in [2.45, 2.75) is 74.1 Å². The minimum absolute atomic E-state index is 0.0429. The first-order valence-corrected chi connectivity index (χ1v) is 40.5. The molecule has 10 aromatic carbocycles. The molecular weight excluding hydrogens is 1570 g/mol. The number of β-lactam (4-membered cyclic amide) rings is 1. The normalized spacial score (nSPS) is 14.2. The number of aromatic nitrogens is 5. The minimum Gasteiger partial charge on any atom is -0.449 e. The van der Waals surface area contributed by atoms with Crippen LogP contribution in [0.2, 0.25) is 0 Å². The molecule has 0 bridgehead atoms. The van der Waals surface area contributed by atoms with Gasteiger partial charge in [-0.25, -0.2) is 24.4 Å². The van der Waals surface area contributed by atoms with Gasteiger partial charge in [0.2, 0.25) is 11.9 Å². The predicted octanol–water partition coefficient (Wildman–Crippen LogP) is 15.6. The second-order valence-corrected chi connectivity index (χ2v) is 30.4. The quantitative estimate of drug-likeness (QED) is 0.00506. The standard InChI is InChI=1S/C92H73N9O15S3/c1-56-50-74(101-90(93-56)96-83(98-101)89(109)115-80(64-40-22-9-23-41-64)65-42-24-10-25-43-65)117-53-67-54-118-86-76(85(106)100(86)77(67)87(107)113-78(60-32-14-5-15-33-60)61-34-16-6-17-35-61)95-84(105)75(71-55-119-91(94-71)97-92(68-44-26-11-27-45-68,69-46-28-12-29-47-69)70-48-30-13-31-49-70)99-116-81(88(108)114-79(62-36-18-7-19-37-62)63-38-20-8-21-39-63)66-51-72(110-57(2)102)82(112-59(4)104)73(52-66)111-58(3)103/h5-52,55,76,78-81,86H,53-54H2,1-4H3,(H,94,97)(H,95,105)/t76-,81?,86-/m1/s1. The number of amides is 2. The van der Waals surface area contributed by atoms with E-state index in [0.717, 1.165) is 72.1 Å². The molecule has 594 valence electrons. The van der Waals surface area contributed by atoms with Gasteiger partial charge in [0.1, 0.15) is 33.4 Å². The molecule has 15 rings (SSSR count). The minimum atomic E-state index is -2.10. The zero-order valence-corrected chi connectivity index (χ0v) is 66.6. The van der Waals surface area contributed by atoms with Gasteiger partial charge in [0, 0.05) is 48.9 Å². The van der Waals surface area contributed by atoms with Gasteiger partial charge in [0.05, 0.1) is 0 Å². The van der Waals surface area contributed by atoms with Gasteiger partial charge in [-0.05, 0) is 80.8 Å². The van der Waals surface area contributed by atoms with E-state index in [-0.39, 0.29) is 45.2 Å². The van der Waals surface area contributed by atoms with E-state index in [1.807, 2.05) is 212 Å². The Kier molecular flexibility index (Phi) is 24.5. The molecule has 0 spiro atoms. The molecule has 0 aliphatic carbocycles. The van der Waals surface area contributed by atoms with E-state index >= 15 is 19.2 Å². The lowest BCUT2D eigenvalue weighted by molar-refractivity contribution is -0.162. The van der Waals surface area contributed by atoms with Crippen LogP contribution in [0.1, 0.15) is 123 Å². The number of benzene rings is 10. The number of rotatable bonds is 29. The monoisotopic (exact) mass is 1640 g/mol. The number of carbonyl (C=O) groups is 8. The second-order valence-electron chi connectivity index (χ2n) is 27.4. The van der Waals surface area contributed by atoms with Crippen molar-refractivity contribution in [3.63, 3.8) is 0 Å². The molecule has 3 aromatic heterocycles. The Morgan fingerprint density at radius 3 is 1.40 bits per heavy atom. The number of esters is 6. The van der Waals surface area contributed by atoms with Gasteiger partial charge in [-0.15, -0.1) is 40.0 Å². The molecule has 3 atom stereocenters. The third-order valence-corrected chi connectivity index (χ3v) is 22.4. The van der Waals surface area contributed by atoms with Crippen molar-refractivity contribution in [1.29, 1.82) is 0 Å². The van der Waals surface area contributed by atoms with Crippen LogP contribution in [0.5, 0.6) is 17.2 Å². The van der Waals surface area contributed by atoms with E-state index in [2.05, 4.69) is 30.9 Å². The first-order valence-electron chi connectivity index (χ1n) is 37.6. The van der Waals surface area contributed by atoms with E-state index in [0.29, 0.717) is 38.5 Å². The highest BCUT2D eigenvalue weighted by Gasteiger charge is 2.55. The molecule has 24 nitrogen and oxygen atoms in total. The molecule has 0 saturated carbocycles. The molecular formula is C92H73N9O15S3. The van der Waals surface area contributed by atoms with Crippen LogP contribution in [0.3, 0.4) is 0 Å². The first kappa shape index (κ1) is 80.1. The Morgan fingerprint density at radius 1 is 0.529 bits per heavy atom. The van der Waals surface area contributed by atoms with Crippen LogP contribution >= 0.6 is 34.9 Å². The van der Waals surface area contributed by atoms with Crippen LogP contribution in [0.15, 0.2) is 318 Å². The molecule has 2 aliphatic heterocycles. The number of nitrogens with one attached hydrogen (secondary N) is 2. The van der Waals surface area contributed by atoms with Gasteiger partial charge in [-0.1, -0.05) is 278 Å². The Labute approximate surface area is 695 Å². The van der Waals surface area contributed by atoms with Crippen LogP contribution in [0.4, 0.5) is 5.13 Å². The number of thiazole rings is 1. The summed E-state index contributed by atoms with van der Waals surface area (Å²) in [7, 11) is 0. The molecule has 1 saturated heterocycles. The maximum Gasteiger partial charge on any atom is 0.379 e. The van der Waals surface area contributed by atoms with Gasteiger partial charge < -0.3 is 43.9 Å². The number of aryl methyl sites for hydroxylation is 1. The third-order valence-electron chi connectivity index (χ3n) is 19.2. The van der Waals surface area contributed by atoms with Gasteiger partial charge in [0.25, 0.3) is 23.4 Å². The molecule has 5 heterocycles. The fourth-order valence-corrected chi connectivity index (χ4v) is 17.2. The SMILES string of the molecule is CC(=O)Oc1cc(C(ON=C(C(=O)N[C@@H]2C(=O)N3C(C(=O)OC(c4ccccc4)c4ccccc4)=C(CSc4cc(C)nc5nc(C(=O)OC(c6ccccc6)c6ccccc6)nn45)CS[C@H]23)c2csc(NC(c3ccccc3)(c3ccccc3)c3ccccc3)n2)C(=O)OC(c2ccccc2)c2ccccc2)cc(OC(C)=O)c1OC(C)=O. The van der Waals surface area contributed by atoms with Gasteiger partial charge in [-0.2, -0.15) is 9.50 Å². The van der Waals surface area contributed by atoms with Crippen LogP contribution in [0.25, 0.3) is 5.78 Å². The van der Waals surface area contributed by atoms with Gasteiger partial charge >= 0.3 is 35.8 Å². The Morgan fingerprint density at radius 2 is 0.958 bits per heavy atom. The topological polar surface area (TPSA) is 297 Å². The summed E-state index contributed by atoms with van der Waals surface area (Å²) in [4.78, 5) is 138. The van der Waals surface area contributed by atoms with Crippen molar-refractivity contribution >= 4 is 99.1 Å². The number of hydrogen-bond donors (Lipinski definition) is 2. The van der Waals surface area contributed by atoms with Crippen molar-refractivity contribution in [3.05, 3.63) is 381 Å². The fraction of sp³-hybridized carbons (Fsp3) is 0.141. The lowest BCUT2D eigenvalue weighted by atomic mass is 9.77. The van der Waals surface area contributed by atoms with Crippen molar-refractivity contribution in [1.82, 2.24) is 34.8 Å². The number of thioether (sulfide) groups is 2. The summed E-state index contributed by atoms with van der Waals surface area (Å²) in [6.07, 6.45) is -5.02. The zero-order chi connectivity index (χ0) is 82.5. The summed E-state index contributed by atoms with van der Waals surface area (Å²) in [5, 5.41) is 17.1. The molecule has 1 unspecified atom stereocenters. The fourth-order valence-electron chi connectivity index (χ4n) is 13.9. The second kappa shape index (κ2) is 36.3. The maximum atomic E-state index is 16.1. The lowest BCUT2D eigenvalue weighted by Crippen LogP contribution is -2.71. The van der Waals surface area contributed by atoms with E-state index in [4.69, 9.17) is 38.2 Å². The molecule has 27 heteroatoms. The van der Waals surface area contributed by atoms with E-state index in [1.165, 1.54) is 38.3 Å². The summed E-state index contributed by atoms with van der Waals surface area (Å²) in [6, 6.07) is 86.1. The first-order chi connectivity index (χ1) is 57.9. The van der Waals surface area contributed by atoms with Crippen LogP contribution in [0, 0.1) is 6.92 Å². The largest absolute Gasteiger partial charge is 0.449 e. The van der Waals surface area contributed by atoms with Crippen LogP contribution < -0.4 is 24.8 Å². The zero-order valence-electron chi connectivity index (χ0n) is 64.1. The van der Waals surface area contributed by atoms with Crippen LogP contribution in [-0.2, 0) is 58.1 Å². The number of anilines is 1. The number of ether oxygens (including phenoxy) is 6. The van der Waals surface area contributed by atoms with Crippen molar-refractivity contribution in [2.24, 2.45) is 5.16 Å². The average molecular weight is 1640 g/mol. The van der Waals surface area contributed by atoms with Gasteiger partial charge in [-0.3, -0.25) is 28.9 Å². The summed E-state index contributed by atoms with van der Waals surface area (Å²) in [5.41, 5.74) is 4.94. The average Bonchev–Trinajstić information content (AvgIpc) is 1.50. The highest BCUT2D eigenvalue weighted by Crippen LogP contribution is 2.47. The molecule has 2 aliphatic rings. The number of oxime groups is 1. The van der Waals surface area contributed by atoms with E-state index in [1.54, 1.807) is 73.7 Å². The molecule has 119 heavy (non-hydrogen) atoms. The summed E-state index contributed by atoms with van der Waals surface area (Å²) in [6.45, 7) is 4.97. The Hall–Kier alpha value is -14.2. The summed E-state index contributed by atoms with van der Waals surface area (Å²) < 4.78 is 37.4. The summed E-state index contributed by atoms with van der Waals surface area (Å²) in [5.74, 6) is -8.90. The number of carbonyl (C=O) groups excluding carboxylic acids is 8. The van der Waals surface area contributed by atoms with E-state index < -0.39 is 112 Å². The predicted molar refractivity (Wildman–Crippen MR) is 446 cm³/mol. The highest BCUT2D eigenvalue weighted by atomic mass is 32.2. The van der Waals surface area contributed by atoms with Crippen molar-refractivity contribution < 1.29 is 71.6 Å².